The van der Waals surface area contributed by atoms with E-state index in [-0.39, 0.29) is 6.09 Å². The van der Waals surface area contributed by atoms with Crippen LogP contribution in [0.1, 0.15) is 23.6 Å². The average molecular weight is 234 g/mol. The van der Waals surface area contributed by atoms with Crippen LogP contribution in [0, 0.1) is 0 Å². The summed E-state index contributed by atoms with van der Waals surface area (Å²) in [6, 6.07) is 6.35. The molecule has 17 heavy (non-hydrogen) atoms. The van der Waals surface area contributed by atoms with Gasteiger partial charge >= 0.3 is 6.09 Å². The van der Waals surface area contributed by atoms with Crippen LogP contribution in [0.5, 0.6) is 0 Å². The smallest absolute Gasteiger partial charge is 0.407 e. The second kappa shape index (κ2) is 5.68. The molecule has 2 N–H and O–H groups in total. The fourth-order valence-electron chi connectivity index (χ4n) is 2.00. The highest BCUT2D eigenvalue weighted by molar-refractivity contribution is 5.67. The quantitative estimate of drug-likeness (QED) is 0.834. The van der Waals surface area contributed by atoms with Gasteiger partial charge < -0.3 is 15.4 Å². The monoisotopic (exact) mass is 234 g/mol. The van der Waals surface area contributed by atoms with Gasteiger partial charge in [-0.3, -0.25) is 0 Å². The van der Waals surface area contributed by atoms with Gasteiger partial charge in [-0.2, -0.15) is 0 Å². The first-order valence-electron chi connectivity index (χ1n) is 6.01. The lowest BCUT2D eigenvalue weighted by atomic mass is 9.98. The van der Waals surface area contributed by atoms with Gasteiger partial charge in [-0.1, -0.05) is 18.2 Å². The highest BCUT2D eigenvalue weighted by Crippen LogP contribution is 2.15. The molecule has 1 amide bonds. The van der Waals surface area contributed by atoms with E-state index < -0.39 is 0 Å². The molecule has 0 saturated heterocycles. The van der Waals surface area contributed by atoms with Crippen molar-refractivity contribution in [2.75, 3.05) is 13.2 Å². The SMILES string of the molecule is CCOC(=O)NCc1ccc2c(c1)CCNC2. The Morgan fingerprint density at radius 1 is 1.47 bits per heavy atom. The van der Waals surface area contributed by atoms with Crippen LogP contribution in [0.3, 0.4) is 0 Å². The summed E-state index contributed by atoms with van der Waals surface area (Å²) in [5.41, 5.74) is 3.86. The van der Waals surface area contributed by atoms with Crippen molar-refractivity contribution >= 4 is 6.09 Å². The molecule has 0 radical (unpaired) electrons. The van der Waals surface area contributed by atoms with Crippen molar-refractivity contribution in [3.63, 3.8) is 0 Å². The summed E-state index contributed by atoms with van der Waals surface area (Å²) in [5, 5.41) is 6.07. The summed E-state index contributed by atoms with van der Waals surface area (Å²) < 4.78 is 4.82. The maximum absolute atomic E-state index is 11.2. The fourth-order valence-corrected chi connectivity index (χ4v) is 2.00. The van der Waals surface area contributed by atoms with Crippen molar-refractivity contribution in [3.8, 4) is 0 Å². The first kappa shape index (κ1) is 11.9. The molecule has 0 atom stereocenters. The van der Waals surface area contributed by atoms with E-state index in [0.29, 0.717) is 13.2 Å². The van der Waals surface area contributed by atoms with Gasteiger partial charge in [-0.05, 0) is 36.6 Å². The molecule has 0 bridgehead atoms. The minimum absolute atomic E-state index is 0.355. The van der Waals surface area contributed by atoms with Crippen molar-refractivity contribution in [1.82, 2.24) is 10.6 Å². The van der Waals surface area contributed by atoms with E-state index in [4.69, 9.17) is 4.74 Å². The number of fused-ring (bicyclic) bond motifs is 1. The van der Waals surface area contributed by atoms with E-state index in [1.54, 1.807) is 6.92 Å². The third-order valence-corrected chi connectivity index (χ3v) is 2.87. The van der Waals surface area contributed by atoms with E-state index in [9.17, 15) is 4.79 Å². The standard InChI is InChI=1S/C13H18N2O2/c1-2-17-13(16)15-8-10-3-4-12-9-14-6-5-11(12)7-10/h3-4,7,14H,2,5-6,8-9H2,1H3,(H,15,16). The number of amides is 1. The Morgan fingerprint density at radius 2 is 2.35 bits per heavy atom. The molecule has 0 aliphatic carbocycles. The number of rotatable bonds is 3. The summed E-state index contributed by atoms with van der Waals surface area (Å²) in [7, 11) is 0. The Bertz CT molecular complexity index is 404. The Morgan fingerprint density at radius 3 is 3.18 bits per heavy atom. The maximum atomic E-state index is 11.2. The molecule has 4 nitrogen and oxygen atoms in total. The molecule has 0 unspecified atom stereocenters. The van der Waals surface area contributed by atoms with Gasteiger partial charge in [0.15, 0.2) is 0 Å². The van der Waals surface area contributed by atoms with E-state index in [1.807, 2.05) is 0 Å². The van der Waals surface area contributed by atoms with Crippen molar-refractivity contribution < 1.29 is 9.53 Å². The molecule has 92 valence electrons. The lowest BCUT2D eigenvalue weighted by molar-refractivity contribution is 0.151. The number of nitrogens with one attached hydrogen (secondary N) is 2. The van der Waals surface area contributed by atoms with Gasteiger partial charge in [0, 0.05) is 13.1 Å². The normalized spacial score (nSPS) is 13.9. The number of hydrogen-bond acceptors (Lipinski definition) is 3. The van der Waals surface area contributed by atoms with Gasteiger partial charge in [0.25, 0.3) is 0 Å². The van der Waals surface area contributed by atoms with Crippen molar-refractivity contribution in [2.24, 2.45) is 0 Å². The Kier molecular flexibility index (Phi) is 3.98. The second-order valence-corrected chi connectivity index (χ2v) is 4.10. The molecule has 0 fully saturated rings. The van der Waals surface area contributed by atoms with Crippen LogP contribution in [-0.2, 0) is 24.2 Å². The third kappa shape index (κ3) is 3.20. The average Bonchev–Trinajstić information content (AvgIpc) is 2.36. The van der Waals surface area contributed by atoms with Crippen LogP contribution < -0.4 is 10.6 Å². The van der Waals surface area contributed by atoms with Gasteiger partial charge in [0.2, 0.25) is 0 Å². The Labute approximate surface area is 101 Å². The topological polar surface area (TPSA) is 50.4 Å². The summed E-state index contributed by atoms with van der Waals surface area (Å²) in [6.45, 7) is 4.70. The summed E-state index contributed by atoms with van der Waals surface area (Å²) in [6.07, 6.45) is 0.703. The van der Waals surface area contributed by atoms with Crippen LogP contribution in [0.2, 0.25) is 0 Å². The van der Waals surface area contributed by atoms with Crippen molar-refractivity contribution in [2.45, 2.75) is 26.4 Å². The van der Waals surface area contributed by atoms with Crippen LogP contribution >= 0.6 is 0 Å². The molecule has 1 aliphatic heterocycles. The Balaban J connectivity index is 1.95. The summed E-state index contributed by atoms with van der Waals surface area (Å²) in [5.74, 6) is 0. The van der Waals surface area contributed by atoms with Crippen LogP contribution in [0.25, 0.3) is 0 Å². The molecule has 1 heterocycles. The largest absolute Gasteiger partial charge is 0.450 e. The molecule has 0 spiro atoms. The maximum Gasteiger partial charge on any atom is 0.407 e. The number of hydrogen-bond donors (Lipinski definition) is 2. The molecule has 2 rings (SSSR count). The molecule has 4 heteroatoms. The highest BCUT2D eigenvalue weighted by Gasteiger charge is 2.09. The minimum atomic E-state index is -0.355. The van der Waals surface area contributed by atoms with Crippen LogP contribution in [-0.4, -0.2) is 19.2 Å². The van der Waals surface area contributed by atoms with Crippen LogP contribution in [0.15, 0.2) is 18.2 Å². The number of ether oxygens (including phenoxy) is 1. The minimum Gasteiger partial charge on any atom is -0.450 e. The molecule has 0 saturated carbocycles. The summed E-state index contributed by atoms with van der Waals surface area (Å²) >= 11 is 0. The number of benzene rings is 1. The zero-order valence-electron chi connectivity index (χ0n) is 10.1. The molecule has 0 aromatic heterocycles. The number of carbonyl (C=O) groups is 1. The van der Waals surface area contributed by atoms with Crippen LogP contribution in [0.4, 0.5) is 4.79 Å². The first-order valence-corrected chi connectivity index (χ1v) is 6.01. The van der Waals surface area contributed by atoms with E-state index in [1.165, 1.54) is 11.1 Å². The lowest BCUT2D eigenvalue weighted by Crippen LogP contribution is -2.25. The number of carbonyl (C=O) groups excluding carboxylic acids is 1. The van der Waals surface area contributed by atoms with E-state index >= 15 is 0 Å². The molecule has 1 aromatic carbocycles. The fraction of sp³-hybridized carbons (Fsp3) is 0.462. The zero-order chi connectivity index (χ0) is 12.1. The predicted octanol–water partition coefficient (Wildman–Crippen LogP) is 1.58. The molecular weight excluding hydrogens is 216 g/mol. The molecular formula is C13H18N2O2. The van der Waals surface area contributed by atoms with Gasteiger partial charge in [-0.25, -0.2) is 4.79 Å². The zero-order valence-corrected chi connectivity index (χ0v) is 10.1. The predicted molar refractivity (Wildman–Crippen MR) is 65.7 cm³/mol. The van der Waals surface area contributed by atoms with Crippen molar-refractivity contribution in [1.29, 1.82) is 0 Å². The highest BCUT2D eigenvalue weighted by atomic mass is 16.5. The summed E-state index contributed by atoms with van der Waals surface area (Å²) in [4.78, 5) is 11.2. The van der Waals surface area contributed by atoms with E-state index in [2.05, 4.69) is 28.8 Å². The van der Waals surface area contributed by atoms with Gasteiger partial charge in [0.05, 0.1) is 6.61 Å². The van der Waals surface area contributed by atoms with Gasteiger partial charge in [0.1, 0.15) is 0 Å². The first-order chi connectivity index (χ1) is 8.29. The van der Waals surface area contributed by atoms with E-state index in [0.717, 1.165) is 25.1 Å². The second-order valence-electron chi connectivity index (χ2n) is 4.10. The molecule has 1 aromatic rings. The number of alkyl carbamates (subject to hydrolysis) is 1. The lowest BCUT2D eigenvalue weighted by Gasteiger charge is -2.17. The Hall–Kier alpha value is -1.55. The molecule has 1 aliphatic rings. The third-order valence-electron chi connectivity index (χ3n) is 2.87. The van der Waals surface area contributed by atoms with Gasteiger partial charge in [-0.15, -0.1) is 0 Å². The van der Waals surface area contributed by atoms with Crippen molar-refractivity contribution in [3.05, 3.63) is 34.9 Å².